The SMILES string of the molecule is c1cnc2c(c1)cc(-c1ccc(N(c3ccc(-c4cc5cccnc5c5ncccc45)cc3)c3ccc(-c4cc5cccnc5c5ncccc45)cc3)cc1)c1cccnc12. The molecule has 0 N–H and O–H groups in total. The van der Waals surface area contributed by atoms with E-state index in [9.17, 15) is 0 Å². The lowest BCUT2D eigenvalue weighted by molar-refractivity contribution is 1.28. The van der Waals surface area contributed by atoms with Crippen LogP contribution in [0.15, 0.2) is 201 Å². The largest absolute Gasteiger partial charge is 0.311 e. The molecule has 0 bridgehead atoms. The highest BCUT2D eigenvalue weighted by Crippen LogP contribution is 2.41. The highest BCUT2D eigenvalue weighted by Gasteiger charge is 2.18. The van der Waals surface area contributed by atoms with Gasteiger partial charge in [0.15, 0.2) is 0 Å². The minimum atomic E-state index is 0.902. The third-order valence-corrected chi connectivity index (χ3v) is 11.7. The van der Waals surface area contributed by atoms with E-state index in [4.69, 9.17) is 15.0 Å². The molecule has 7 nitrogen and oxygen atoms in total. The fraction of sp³-hybridized carbons (Fsp3) is 0. The predicted octanol–water partition coefficient (Wildman–Crippen LogP) is 13.4. The Morgan fingerprint density at radius 3 is 0.820 bits per heavy atom. The van der Waals surface area contributed by atoms with Crippen molar-refractivity contribution in [1.82, 2.24) is 29.9 Å². The van der Waals surface area contributed by atoms with Crippen LogP contribution in [0.5, 0.6) is 0 Å². The molecule has 0 amide bonds. The van der Waals surface area contributed by atoms with E-state index in [0.717, 1.165) is 116 Å². The van der Waals surface area contributed by atoms with Crippen LogP contribution in [-0.2, 0) is 0 Å². The van der Waals surface area contributed by atoms with E-state index >= 15 is 0 Å². The number of fused-ring (bicyclic) bond motifs is 9. The molecule has 6 heterocycles. The number of hydrogen-bond acceptors (Lipinski definition) is 7. The number of anilines is 3. The van der Waals surface area contributed by atoms with E-state index in [-0.39, 0.29) is 0 Å². The molecular weight excluding hydrogens is 747 g/mol. The maximum Gasteiger partial charge on any atom is 0.0970 e. The van der Waals surface area contributed by atoms with Gasteiger partial charge in [0, 0.05) is 86.6 Å². The van der Waals surface area contributed by atoms with Gasteiger partial charge in [-0.05, 0) is 124 Å². The predicted molar refractivity (Wildman–Crippen MR) is 249 cm³/mol. The summed E-state index contributed by atoms with van der Waals surface area (Å²) >= 11 is 0. The Labute approximate surface area is 350 Å². The number of nitrogens with zero attached hydrogens (tertiary/aromatic N) is 7. The number of rotatable bonds is 6. The molecule has 284 valence electrons. The van der Waals surface area contributed by atoms with Crippen LogP contribution in [0.3, 0.4) is 0 Å². The molecule has 0 unspecified atom stereocenters. The average Bonchev–Trinajstić information content (AvgIpc) is 3.34. The smallest absolute Gasteiger partial charge is 0.0970 e. The summed E-state index contributed by atoms with van der Waals surface area (Å²) < 4.78 is 0. The van der Waals surface area contributed by atoms with Crippen LogP contribution < -0.4 is 4.90 Å². The summed E-state index contributed by atoms with van der Waals surface area (Å²) in [6.07, 6.45) is 11.0. The Balaban J connectivity index is 0.983. The lowest BCUT2D eigenvalue weighted by atomic mass is 9.96. The number of hydrogen-bond donors (Lipinski definition) is 0. The molecule has 0 atom stereocenters. The molecule has 0 spiro atoms. The molecule has 7 heteroatoms. The maximum atomic E-state index is 4.76. The second-order valence-electron chi connectivity index (χ2n) is 15.2. The zero-order chi connectivity index (χ0) is 40.3. The van der Waals surface area contributed by atoms with E-state index in [1.807, 2.05) is 73.6 Å². The van der Waals surface area contributed by atoms with Gasteiger partial charge in [0.05, 0.1) is 33.1 Å². The van der Waals surface area contributed by atoms with Crippen molar-refractivity contribution >= 4 is 82.5 Å². The summed E-state index contributed by atoms with van der Waals surface area (Å²) in [5, 5.41) is 6.41. The monoisotopic (exact) mass is 779 g/mol. The van der Waals surface area contributed by atoms with Crippen molar-refractivity contribution in [2.45, 2.75) is 0 Å². The number of aromatic nitrogens is 6. The van der Waals surface area contributed by atoms with Crippen LogP contribution in [0.4, 0.5) is 17.1 Å². The van der Waals surface area contributed by atoms with Crippen molar-refractivity contribution in [1.29, 1.82) is 0 Å². The van der Waals surface area contributed by atoms with E-state index < -0.39 is 0 Å². The zero-order valence-electron chi connectivity index (χ0n) is 32.7. The van der Waals surface area contributed by atoms with Gasteiger partial charge in [-0.25, -0.2) is 0 Å². The van der Waals surface area contributed by atoms with Crippen LogP contribution in [-0.4, -0.2) is 29.9 Å². The van der Waals surface area contributed by atoms with Gasteiger partial charge < -0.3 is 4.90 Å². The fourth-order valence-electron chi connectivity index (χ4n) is 8.86. The van der Waals surface area contributed by atoms with Gasteiger partial charge in [0.2, 0.25) is 0 Å². The summed E-state index contributed by atoms with van der Waals surface area (Å²) in [7, 11) is 0. The first-order valence-corrected chi connectivity index (χ1v) is 20.2. The number of benzene rings is 6. The average molecular weight is 780 g/mol. The van der Waals surface area contributed by atoms with Gasteiger partial charge in [-0.15, -0.1) is 0 Å². The van der Waals surface area contributed by atoms with Gasteiger partial charge in [0.1, 0.15) is 0 Å². The molecule has 6 aromatic heterocycles. The van der Waals surface area contributed by atoms with E-state index in [1.54, 1.807) is 0 Å². The van der Waals surface area contributed by atoms with Crippen molar-refractivity contribution < 1.29 is 0 Å². The third kappa shape index (κ3) is 5.82. The summed E-state index contributed by atoms with van der Waals surface area (Å²) in [6.45, 7) is 0. The molecule has 0 aliphatic carbocycles. The van der Waals surface area contributed by atoms with Crippen LogP contribution in [0.2, 0.25) is 0 Å². The molecule has 61 heavy (non-hydrogen) atoms. The lowest BCUT2D eigenvalue weighted by Crippen LogP contribution is -2.09. The first-order chi connectivity index (χ1) is 30.2. The highest BCUT2D eigenvalue weighted by molar-refractivity contribution is 6.12. The van der Waals surface area contributed by atoms with Gasteiger partial charge in [0.25, 0.3) is 0 Å². The van der Waals surface area contributed by atoms with Crippen molar-refractivity contribution in [3.63, 3.8) is 0 Å². The Bertz CT molecular complexity index is 3260. The molecule has 6 aromatic carbocycles. The first-order valence-electron chi connectivity index (χ1n) is 20.2. The number of pyridine rings is 6. The lowest BCUT2D eigenvalue weighted by Gasteiger charge is -2.26. The van der Waals surface area contributed by atoms with E-state index in [1.165, 1.54) is 0 Å². The molecule has 0 saturated carbocycles. The van der Waals surface area contributed by atoms with Crippen LogP contribution in [0.1, 0.15) is 0 Å². The highest BCUT2D eigenvalue weighted by atomic mass is 15.1. The van der Waals surface area contributed by atoms with Gasteiger partial charge >= 0.3 is 0 Å². The van der Waals surface area contributed by atoms with Crippen LogP contribution >= 0.6 is 0 Å². The second kappa shape index (κ2) is 14.1. The van der Waals surface area contributed by atoms with Crippen LogP contribution in [0, 0.1) is 0 Å². The summed E-state index contributed by atoms with van der Waals surface area (Å²) in [5.41, 5.74) is 15.2. The van der Waals surface area contributed by atoms with Gasteiger partial charge in [-0.3, -0.25) is 29.9 Å². The molecule has 0 aliphatic heterocycles. The quantitative estimate of drug-likeness (QED) is 0.155. The van der Waals surface area contributed by atoms with Crippen molar-refractivity contribution in [3.05, 3.63) is 201 Å². The van der Waals surface area contributed by atoms with Gasteiger partial charge in [-0.1, -0.05) is 72.8 Å². The Morgan fingerprint density at radius 2 is 0.525 bits per heavy atom. The fourth-order valence-corrected chi connectivity index (χ4v) is 8.86. The van der Waals surface area contributed by atoms with E-state index in [2.05, 4.69) is 147 Å². The van der Waals surface area contributed by atoms with E-state index in [0.29, 0.717) is 0 Å². The van der Waals surface area contributed by atoms with Gasteiger partial charge in [-0.2, -0.15) is 0 Å². The molecule has 0 aliphatic rings. The first kappa shape index (κ1) is 34.6. The third-order valence-electron chi connectivity index (χ3n) is 11.7. The summed E-state index contributed by atoms with van der Waals surface area (Å²) in [4.78, 5) is 30.6. The molecular formula is C54H33N7. The second-order valence-corrected chi connectivity index (χ2v) is 15.2. The minimum Gasteiger partial charge on any atom is -0.311 e. The molecule has 0 saturated heterocycles. The topological polar surface area (TPSA) is 80.6 Å². The molecule has 0 radical (unpaired) electrons. The van der Waals surface area contributed by atoms with Crippen molar-refractivity contribution in [2.75, 3.05) is 4.90 Å². The standard InChI is InChI=1S/C54H33N7/c1-7-37-31-46(43-10-4-28-58-52(43)49(37)55-25-1)34-13-19-40(20-14-34)61(41-21-15-35(16-22-41)47-32-38-8-2-26-56-50(38)53-44(47)11-5-29-59-53)42-23-17-36(18-24-42)48-33-39-9-3-27-57-51(39)54-45(48)12-6-30-60-54/h1-33H. The Kier molecular flexibility index (Phi) is 8.03. The normalized spacial score (nSPS) is 11.6. The molecule has 0 fully saturated rings. The summed E-state index contributed by atoms with van der Waals surface area (Å²) in [6, 6.07) is 57.8. The molecule has 12 aromatic rings. The minimum absolute atomic E-state index is 0.902. The molecule has 12 rings (SSSR count). The summed E-state index contributed by atoms with van der Waals surface area (Å²) in [5.74, 6) is 0. The zero-order valence-corrected chi connectivity index (χ0v) is 32.7. The Hall–Kier alpha value is -8.42. The van der Waals surface area contributed by atoms with Crippen LogP contribution in [0.25, 0.3) is 98.8 Å². The van der Waals surface area contributed by atoms with Crippen molar-refractivity contribution in [2.24, 2.45) is 0 Å². The Morgan fingerprint density at radius 1 is 0.262 bits per heavy atom. The maximum absolute atomic E-state index is 4.76. The van der Waals surface area contributed by atoms with Crippen molar-refractivity contribution in [3.8, 4) is 33.4 Å².